The lowest BCUT2D eigenvalue weighted by atomic mass is 10.0. The molecule has 0 aromatic heterocycles. The van der Waals surface area contributed by atoms with E-state index in [1.54, 1.807) is 6.92 Å². The fourth-order valence-corrected chi connectivity index (χ4v) is 2.01. The molecule has 0 aliphatic carbocycles. The third-order valence-corrected chi connectivity index (χ3v) is 2.86. The maximum Gasteiger partial charge on any atom is 0.239 e. The van der Waals surface area contributed by atoms with Gasteiger partial charge in [0.2, 0.25) is 5.91 Å². The molecular formula is C11H18N2O. The second-order valence-electron chi connectivity index (χ2n) is 4.08. The Bertz CT molecular complexity index is 244. The predicted molar refractivity (Wildman–Crippen MR) is 54.4 cm³/mol. The van der Waals surface area contributed by atoms with Crippen LogP contribution in [-0.2, 0) is 4.79 Å². The van der Waals surface area contributed by atoms with Crippen LogP contribution in [0.1, 0.15) is 33.1 Å². The molecule has 2 atom stereocenters. The number of rotatable bonds is 3. The van der Waals surface area contributed by atoms with Crippen LogP contribution in [0, 0.1) is 23.2 Å². The fraction of sp³-hybridized carbons (Fsp3) is 0.818. The second kappa shape index (κ2) is 4.99. The minimum Gasteiger partial charge on any atom is -0.341 e. The fourth-order valence-electron chi connectivity index (χ4n) is 2.01. The summed E-state index contributed by atoms with van der Waals surface area (Å²) in [6.07, 6.45) is 3.49. The van der Waals surface area contributed by atoms with Crippen molar-refractivity contribution < 1.29 is 4.79 Å². The molecule has 3 nitrogen and oxygen atoms in total. The maximum atomic E-state index is 11.6. The molecule has 1 aliphatic heterocycles. The van der Waals surface area contributed by atoms with Gasteiger partial charge in [0.15, 0.2) is 0 Å². The monoisotopic (exact) mass is 194 g/mol. The zero-order valence-electron chi connectivity index (χ0n) is 8.99. The Kier molecular flexibility index (Phi) is 3.94. The van der Waals surface area contributed by atoms with Gasteiger partial charge >= 0.3 is 0 Å². The Hall–Kier alpha value is -1.04. The van der Waals surface area contributed by atoms with E-state index in [0.29, 0.717) is 5.92 Å². The van der Waals surface area contributed by atoms with E-state index < -0.39 is 5.92 Å². The van der Waals surface area contributed by atoms with Gasteiger partial charge in [-0.2, -0.15) is 5.26 Å². The van der Waals surface area contributed by atoms with Crippen molar-refractivity contribution in [2.45, 2.75) is 33.1 Å². The Morgan fingerprint density at radius 1 is 1.71 bits per heavy atom. The van der Waals surface area contributed by atoms with Gasteiger partial charge in [-0.1, -0.05) is 13.3 Å². The Labute approximate surface area is 85.7 Å². The highest BCUT2D eigenvalue weighted by atomic mass is 16.2. The average molecular weight is 194 g/mol. The highest BCUT2D eigenvalue weighted by Gasteiger charge is 2.28. The van der Waals surface area contributed by atoms with Gasteiger partial charge in [-0.3, -0.25) is 4.79 Å². The van der Waals surface area contributed by atoms with Crippen LogP contribution in [0.25, 0.3) is 0 Å². The normalized spacial score (nSPS) is 23.2. The van der Waals surface area contributed by atoms with Crippen LogP contribution >= 0.6 is 0 Å². The van der Waals surface area contributed by atoms with Gasteiger partial charge in [0.25, 0.3) is 0 Å². The summed E-state index contributed by atoms with van der Waals surface area (Å²) < 4.78 is 0. The number of carbonyl (C=O) groups excluding carboxylic acids is 1. The summed E-state index contributed by atoms with van der Waals surface area (Å²) in [7, 11) is 0. The number of amides is 1. The summed E-state index contributed by atoms with van der Waals surface area (Å²) in [5.41, 5.74) is 0. The lowest BCUT2D eigenvalue weighted by Gasteiger charge is -2.17. The average Bonchev–Trinajstić information content (AvgIpc) is 2.64. The molecule has 0 radical (unpaired) electrons. The molecule has 1 fully saturated rings. The maximum absolute atomic E-state index is 11.6. The first-order valence-electron chi connectivity index (χ1n) is 5.37. The quantitative estimate of drug-likeness (QED) is 0.687. The zero-order valence-corrected chi connectivity index (χ0v) is 8.99. The van der Waals surface area contributed by atoms with Gasteiger partial charge in [-0.05, 0) is 25.7 Å². The molecule has 3 heteroatoms. The van der Waals surface area contributed by atoms with Gasteiger partial charge < -0.3 is 4.90 Å². The number of hydrogen-bond donors (Lipinski definition) is 0. The van der Waals surface area contributed by atoms with Gasteiger partial charge in [0, 0.05) is 13.1 Å². The van der Waals surface area contributed by atoms with Crippen molar-refractivity contribution in [3.05, 3.63) is 0 Å². The van der Waals surface area contributed by atoms with Gasteiger partial charge in [-0.25, -0.2) is 0 Å². The molecule has 1 aliphatic rings. The topological polar surface area (TPSA) is 44.1 Å². The zero-order chi connectivity index (χ0) is 10.6. The van der Waals surface area contributed by atoms with Crippen LogP contribution in [-0.4, -0.2) is 23.9 Å². The van der Waals surface area contributed by atoms with Gasteiger partial charge in [0.1, 0.15) is 5.92 Å². The third kappa shape index (κ3) is 2.47. The standard InChI is InChI=1S/C11H18N2O/c1-3-4-10-5-6-13(8-10)11(14)9(2)7-12/h9-10H,3-6,8H2,1-2H3. The summed E-state index contributed by atoms with van der Waals surface area (Å²) in [6.45, 7) is 5.55. The van der Waals surface area contributed by atoms with E-state index in [1.165, 1.54) is 12.8 Å². The Morgan fingerprint density at radius 2 is 2.43 bits per heavy atom. The number of carbonyl (C=O) groups is 1. The molecule has 1 heterocycles. The SMILES string of the molecule is CCCC1CCN(C(=O)C(C)C#N)C1. The number of nitrogens with zero attached hydrogens (tertiary/aromatic N) is 2. The smallest absolute Gasteiger partial charge is 0.239 e. The lowest BCUT2D eigenvalue weighted by Crippen LogP contribution is -2.32. The molecule has 1 rings (SSSR count). The van der Waals surface area contributed by atoms with Crippen LogP contribution in [0.4, 0.5) is 0 Å². The molecule has 1 amide bonds. The summed E-state index contributed by atoms with van der Waals surface area (Å²) in [5, 5.41) is 8.64. The van der Waals surface area contributed by atoms with E-state index >= 15 is 0 Å². The van der Waals surface area contributed by atoms with Crippen molar-refractivity contribution in [1.82, 2.24) is 4.90 Å². The predicted octanol–water partition coefficient (Wildman–Crippen LogP) is 1.79. The van der Waals surface area contributed by atoms with Crippen molar-refractivity contribution in [3.8, 4) is 6.07 Å². The van der Waals surface area contributed by atoms with Crippen LogP contribution < -0.4 is 0 Å². The molecule has 78 valence electrons. The molecule has 0 aromatic rings. The number of likely N-dealkylation sites (tertiary alicyclic amines) is 1. The molecule has 0 bridgehead atoms. The molecular weight excluding hydrogens is 176 g/mol. The minimum atomic E-state index is -0.477. The van der Waals surface area contributed by atoms with Crippen molar-refractivity contribution in [1.29, 1.82) is 5.26 Å². The second-order valence-corrected chi connectivity index (χ2v) is 4.08. The molecule has 14 heavy (non-hydrogen) atoms. The van der Waals surface area contributed by atoms with E-state index in [0.717, 1.165) is 19.5 Å². The third-order valence-electron chi connectivity index (χ3n) is 2.86. The van der Waals surface area contributed by atoms with Crippen LogP contribution in [0.15, 0.2) is 0 Å². The first-order valence-corrected chi connectivity index (χ1v) is 5.37. The van der Waals surface area contributed by atoms with E-state index in [-0.39, 0.29) is 5.91 Å². The Morgan fingerprint density at radius 3 is 3.00 bits per heavy atom. The molecule has 1 saturated heterocycles. The van der Waals surface area contributed by atoms with E-state index in [2.05, 4.69) is 6.92 Å². The van der Waals surface area contributed by atoms with E-state index in [4.69, 9.17) is 5.26 Å². The van der Waals surface area contributed by atoms with Crippen molar-refractivity contribution in [2.75, 3.05) is 13.1 Å². The highest BCUT2D eigenvalue weighted by Crippen LogP contribution is 2.22. The summed E-state index contributed by atoms with van der Waals surface area (Å²) in [4.78, 5) is 13.5. The molecule has 0 N–H and O–H groups in total. The molecule has 0 spiro atoms. The van der Waals surface area contributed by atoms with Crippen LogP contribution in [0.3, 0.4) is 0 Å². The van der Waals surface area contributed by atoms with Crippen molar-refractivity contribution >= 4 is 5.91 Å². The molecule has 0 saturated carbocycles. The minimum absolute atomic E-state index is 0.00565. The molecule has 0 aromatic carbocycles. The number of hydrogen-bond acceptors (Lipinski definition) is 2. The van der Waals surface area contributed by atoms with Crippen LogP contribution in [0.5, 0.6) is 0 Å². The Balaban J connectivity index is 2.42. The summed E-state index contributed by atoms with van der Waals surface area (Å²) >= 11 is 0. The first-order chi connectivity index (χ1) is 6.69. The largest absolute Gasteiger partial charge is 0.341 e. The first kappa shape index (κ1) is 11.0. The number of nitriles is 1. The van der Waals surface area contributed by atoms with E-state index in [1.807, 2.05) is 11.0 Å². The summed E-state index contributed by atoms with van der Waals surface area (Å²) in [6, 6.07) is 2.00. The van der Waals surface area contributed by atoms with Gasteiger partial charge in [-0.15, -0.1) is 0 Å². The van der Waals surface area contributed by atoms with Gasteiger partial charge in [0.05, 0.1) is 6.07 Å². The van der Waals surface area contributed by atoms with Crippen molar-refractivity contribution in [2.24, 2.45) is 11.8 Å². The molecule has 2 unspecified atom stereocenters. The highest BCUT2D eigenvalue weighted by molar-refractivity contribution is 5.81. The van der Waals surface area contributed by atoms with Crippen LogP contribution in [0.2, 0.25) is 0 Å². The summed E-state index contributed by atoms with van der Waals surface area (Å²) in [5.74, 6) is 0.191. The van der Waals surface area contributed by atoms with E-state index in [9.17, 15) is 4.79 Å². The van der Waals surface area contributed by atoms with Crippen molar-refractivity contribution in [3.63, 3.8) is 0 Å². The lowest BCUT2D eigenvalue weighted by molar-refractivity contribution is -0.132.